The maximum atomic E-state index is 8.96. The van der Waals surface area contributed by atoms with E-state index in [-0.39, 0.29) is 6.10 Å². The average molecular weight is 114 g/mol. The first-order chi connectivity index (χ1) is 3.81. The Bertz CT molecular complexity index is 66.8. The molecule has 0 aromatic rings. The summed E-state index contributed by atoms with van der Waals surface area (Å²) in [6.07, 6.45) is 5.39. The van der Waals surface area contributed by atoms with Gasteiger partial charge in [0.15, 0.2) is 0 Å². The van der Waals surface area contributed by atoms with Crippen molar-refractivity contribution in [2.75, 3.05) is 0 Å². The van der Waals surface area contributed by atoms with Crippen LogP contribution in [0.15, 0.2) is 12.2 Å². The molecule has 48 valence electrons. The van der Waals surface area contributed by atoms with Crippen molar-refractivity contribution in [1.29, 1.82) is 0 Å². The average Bonchev–Trinajstić information content (AvgIpc) is 1.68. The van der Waals surface area contributed by atoms with E-state index < -0.39 is 0 Å². The van der Waals surface area contributed by atoms with Gasteiger partial charge >= 0.3 is 0 Å². The Kier molecular flexibility index (Phi) is 4.67. The third-order valence-corrected chi connectivity index (χ3v) is 0.999. The largest absolute Gasteiger partial charge is 0.389 e. The first-order valence-electron chi connectivity index (χ1n) is 3.12. The normalized spacial score (nSPS) is 14.9. The van der Waals surface area contributed by atoms with Gasteiger partial charge in [-0.3, -0.25) is 0 Å². The number of hydrogen-bond acceptors (Lipinski definition) is 1. The zero-order valence-corrected chi connectivity index (χ0v) is 5.59. The molecule has 0 radical (unpaired) electrons. The van der Waals surface area contributed by atoms with Crippen LogP contribution in [-0.4, -0.2) is 11.2 Å². The minimum Gasteiger partial charge on any atom is -0.389 e. The Balaban J connectivity index is 3.17. The summed E-state index contributed by atoms with van der Waals surface area (Å²) in [5, 5.41) is 8.96. The minimum absolute atomic E-state index is 0.218. The number of aliphatic hydroxyl groups excluding tert-OH is 1. The fourth-order valence-corrected chi connectivity index (χ4v) is 0.614. The molecule has 1 nitrogen and oxygen atoms in total. The van der Waals surface area contributed by atoms with Crippen molar-refractivity contribution in [3.63, 3.8) is 0 Å². The van der Waals surface area contributed by atoms with Crippen LogP contribution in [0.2, 0.25) is 0 Å². The van der Waals surface area contributed by atoms with Crippen molar-refractivity contribution in [1.82, 2.24) is 0 Å². The highest BCUT2D eigenvalue weighted by molar-refractivity contribution is 4.84. The fourth-order valence-electron chi connectivity index (χ4n) is 0.614. The van der Waals surface area contributed by atoms with Crippen LogP contribution in [0.1, 0.15) is 26.7 Å². The van der Waals surface area contributed by atoms with E-state index in [1.165, 1.54) is 0 Å². The third kappa shape index (κ3) is 3.88. The summed E-state index contributed by atoms with van der Waals surface area (Å²) in [6.45, 7) is 3.98. The molecule has 0 saturated heterocycles. The second-order valence-corrected chi connectivity index (χ2v) is 1.88. The van der Waals surface area contributed by atoms with Crippen molar-refractivity contribution < 1.29 is 5.11 Å². The highest BCUT2D eigenvalue weighted by Crippen LogP contribution is 1.95. The number of allylic oxidation sites excluding steroid dienone is 1. The fraction of sp³-hybridized carbons (Fsp3) is 0.714. The maximum absolute atomic E-state index is 8.96. The number of hydrogen-bond donors (Lipinski definition) is 1. The Morgan fingerprint density at radius 3 is 2.62 bits per heavy atom. The lowest BCUT2D eigenvalue weighted by Gasteiger charge is -1.99. The van der Waals surface area contributed by atoms with Crippen LogP contribution < -0.4 is 0 Å². The van der Waals surface area contributed by atoms with Gasteiger partial charge in [-0.2, -0.15) is 0 Å². The van der Waals surface area contributed by atoms with Crippen LogP contribution in [0.25, 0.3) is 0 Å². The lowest BCUT2D eigenvalue weighted by atomic mass is 10.2. The maximum Gasteiger partial charge on any atom is 0.0720 e. The van der Waals surface area contributed by atoms with Gasteiger partial charge in [-0.1, -0.05) is 25.5 Å². The van der Waals surface area contributed by atoms with Crippen LogP contribution in [0, 0.1) is 0 Å². The molecule has 0 aromatic carbocycles. The van der Waals surface area contributed by atoms with Crippen LogP contribution in [-0.2, 0) is 0 Å². The van der Waals surface area contributed by atoms with E-state index in [0.29, 0.717) is 0 Å². The van der Waals surface area contributed by atoms with E-state index >= 15 is 0 Å². The SMILES string of the molecule is C/C=C/[C@@H](O)CCC. The van der Waals surface area contributed by atoms with Gasteiger partial charge in [0.1, 0.15) is 0 Å². The molecule has 0 aliphatic rings. The number of aliphatic hydroxyl groups is 1. The highest BCUT2D eigenvalue weighted by Gasteiger charge is 1.92. The zero-order valence-electron chi connectivity index (χ0n) is 5.59. The van der Waals surface area contributed by atoms with Crippen molar-refractivity contribution in [2.45, 2.75) is 32.8 Å². The van der Waals surface area contributed by atoms with Gasteiger partial charge in [0.2, 0.25) is 0 Å². The molecule has 0 rings (SSSR count). The van der Waals surface area contributed by atoms with Crippen LogP contribution in [0.5, 0.6) is 0 Å². The Labute approximate surface area is 51.0 Å². The standard InChI is InChI=1S/C7H14O/c1-3-5-7(8)6-4-2/h3,5,7-8H,4,6H2,1-2H3/b5-3+/t7-/m1/s1. The van der Waals surface area contributed by atoms with Crippen molar-refractivity contribution in [3.05, 3.63) is 12.2 Å². The van der Waals surface area contributed by atoms with Gasteiger partial charge < -0.3 is 5.11 Å². The van der Waals surface area contributed by atoms with E-state index in [9.17, 15) is 0 Å². The molecule has 0 saturated carbocycles. The van der Waals surface area contributed by atoms with Crippen LogP contribution in [0.4, 0.5) is 0 Å². The summed E-state index contributed by atoms with van der Waals surface area (Å²) >= 11 is 0. The van der Waals surface area contributed by atoms with E-state index in [0.717, 1.165) is 12.8 Å². The lowest BCUT2D eigenvalue weighted by molar-refractivity contribution is 0.211. The molecule has 0 aromatic heterocycles. The molecule has 0 heterocycles. The van der Waals surface area contributed by atoms with E-state index in [4.69, 9.17) is 5.11 Å². The first-order valence-corrected chi connectivity index (χ1v) is 3.12. The topological polar surface area (TPSA) is 20.2 Å². The van der Waals surface area contributed by atoms with Gasteiger partial charge in [0.25, 0.3) is 0 Å². The van der Waals surface area contributed by atoms with Gasteiger partial charge in [0, 0.05) is 0 Å². The summed E-state index contributed by atoms with van der Waals surface area (Å²) < 4.78 is 0. The quantitative estimate of drug-likeness (QED) is 0.554. The van der Waals surface area contributed by atoms with Crippen molar-refractivity contribution in [3.8, 4) is 0 Å². The Morgan fingerprint density at radius 2 is 2.25 bits per heavy atom. The van der Waals surface area contributed by atoms with Crippen molar-refractivity contribution in [2.24, 2.45) is 0 Å². The predicted molar refractivity (Wildman–Crippen MR) is 35.7 cm³/mol. The van der Waals surface area contributed by atoms with Gasteiger partial charge in [-0.05, 0) is 13.3 Å². The predicted octanol–water partition coefficient (Wildman–Crippen LogP) is 1.72. The monoisotopic (exact) mass is 114 g/mol. The molecule has 8 heavy (non-hydrogen) atoms. The van der Waals surface area contributed by atoms with Gasteiger partial charge in [0.05, 0.1) is 6.10 Å². The molecule has 0 spiro atoms. The molecule has 0 aliphatic carbocycles. The second-order valence-electron chi connectivity index (χ2n) is 1.88. The smallest absolute Gasteiger partial charge is 0.0720 e. The third-order valence-electron chi connectivity index (χ3n) is 0.999. The first kappa shape index (κ1) is 7.70. The molecule has 1 heteroatoms. The molecule has 1 atom stereocenters. The minimum atomic E-state index is -0.218. The molecule has 0 aliphatic heterocycles. The highest BCUT2D eigenvalue weighted by atomic mass is 16.3. The molecular formula is C7H14O. The molecule has 0 bridgehead atoms. The second kappa shape index (κ2) is 4.85. The Hall–Kier alpha value is -0.300. The van der Waals surface area contributed by atoms with Crippen LogP contribution >= 0.6 is 0 Å². The number of rotatable bonds is 3. The summed E-state index contributed by atoms with van der Waals surface area (Å²) in [6, 6.07) is 0. The van der Waals surface area contributed by atoms with E-state index in [1.54, 1.807) is 0 Å². The summed E-state index contributed by atoms with van der Waals surface area (Å²) in [7, 11) is 0. The molecule has 1 N–H and O–H groups in total. The summed E-state index contributed by atoms with van der Waals surface area (Å²) in [5.74, 6) is 0. The van der Waals surface area contributed by atoms with E-state index in [1.807, 2.05) is 19.1 Å². The molecule has 0 unspecified atom stereocenters. The van der Waals surface area contributed by atoms with Crippen molar-refractivity contribution >= 4 is 0 Å². The summed E-state index contributed by atoms with van der Waals surface area (Å²) in [5.41, 5.74) is 0. The van der Waals surface area contributed by atoms with Gasteiger partial charge in [-0.15, -0.1) is 0 Å². The lowest BCUT2D eigenvalue weighted by Crippen LogP contribution is -1.99. The zero-order chi connectivity index (χ0) is 6.41. The van der Waals surface area contributed by atoms with E-state index in [2.05, 4.69) is 6.92 Å². The molecule has 0 fully saturated rings. The molecular weight excluding hydrogens is 100 g/mol. The van der Waals surface area contributed by atoms with Crippen LogP contribution in [0.3, 0.4) is 0 Å². The Morgan fingerprint density at radius 1 is 1.62 bits per heavy atom. The summed E-state index contributed by atoms with van der Waals surface area (Å²) in [4.78, 5) is 0. The molecule has 0 amide bonds. The van der Waals surface area contributed by atoms with Gasteiger partial charge in [-0.25, -0.2) is 0 Å².